The lowest BCUT2D eigenvalue weighted by Crippen LogP contribution is -2.25. The summed E-state index contributed by atoms with van der Waals surface area (Å²) in [5, 5.41) is 9.10. The van der Waals surface area contributed by atoms with Crippen LogP contribution in [0.5, 0.6) is 0 Å². The number of hydrogen-bond acceptors (Lipinski definition) is 5. The Balaban J connectivity index is 1.54. The normalized spacial score (nSPS) is 21.4. The van der Waals surface area contributed by atoms with Crippen LogP contribution < -0.4 is 5.32 Å². The Hall–Kier alpha value is -1.24. The average molecular weight is 334 g/mol. The molecule has 2 atom stereocenters. The van der Waals surface area contributed by atoms with Crippen molar-refractivity contribution in [3.63, 3.8) is 0 Å². The van der Waals surface area contributed by atoms with Crippen molar-refractivity contribution in [3.8, 4) is 0 Å². The maximum Gasteiger partial charge on any atom is 0.107 e. The van der Waals surface area contributed by atoms with Gasteiger partial charge in [0.2, 0.25) is 0 Å². The number of nitrogens with zero attached hydrogens (tertiary/aromatic N) is 3. The van der Waals surface area contributed by atoms with E-state index in [-0.39, 0.29) is 6.10 Å². The van der Waals surface area contributed by atoms with Gasteiger partial charge in [0, 0.05) is 49.4 Å². The number of aryl methyl sites for hydroxylation is 1. The third-order valence-corrected chi connectivity index (χ3v) is 5.68. The molecule has 23 heavy (non-hydrogen) atoms. The largest absolute Gasteiger partial charge is 0.372 e. The standard InChI is InChI=1S/C17H26N4OS/c1-4-21-14(5-7-20-21)17-13(6-8-22-17)9-18-11-16-19-10-15(23-16)12(2)3/h5,7,10,12-13,17-18H,4,6,8-9,11H2,1-3H3/t13-,17+/m0/s1. The highest BCUT2D eigenvalue weighted by Gasteiger charge is 2.31. The number of hydrogen-bond donors (Lipinski definition) is 1. The summed E-state index contributed by atoms with van der Waals surface area (Å²) in [4.78, 5) is 5.87. The van der Waals surface area contributed by atoms with Gasteiger partial charge in [-0.3, -0.25) is 4.68 Å². The van der Waals surface area contributed by atoms with Gasteiger partial charge in [-0.15, -0.1) is 11.3 Å². The van der Waals surface area contributed by atoms with Gasteiger partial charge in [-0.2, -0.15) is 5.10 Å². The van der Waals surface area contributed by atoms with E-state index in [0.29, 0.717) is 11.8 Å². The fraction of sp³-hybridized carbons (Fsp3) is 0.647. The van der Waals surface area contributed by atoms with E-state index in [0.717, 1.165) is 32.7 Å². The zero-order chi connectivity index (χ0) is 16.2. The lowest BCUT2D eigenvalue weighted by Gasteiger charge is -2.19. The minimum Gasteiger partial charge on any atom is -0.372 e. The van der Waals surface area contributed by atoms with E-state index in [9.17, 15) is 0 Å². The van der Waals surface area contributed by atoms with Crippen molar-refractivity contribution in [2.75, 3.05) is 13.2 Å². The molecule has 1 aliphatic rings. The van der Waals surface area contributed by atoms with Gasteiger partial charge in [0.25, 0.3) is 0 Å². The quantitative estimate of drug-likeness (QED) is 0.844. The van der Waals surface area contributed by atoms with Gasteiger partial charge in [-0.05, 0) is 25.3 Å². The Morgan fingerprint density at radius 3 is 3.09 bits per heavy atom. The van der Waals surface area contributed by atoms with Crippen molar-refractivity contribution in [1.82, 2.24) is 20.1 Å². The highest BCUT2D eigenvalue weighted by atomic mass is 32.1. The van der Waals surface area contributed by atoms with Gasteiger partial charge in [-0.25, -0.2) is 4.98 Å². The molecule has 0 unspecified atom stereocenters. The Bertz CT molecular complexity index is 622. The molecular weight excluding hydrogens is 308 g/mol. The van der Waals surface area contributed by atoms with Crippen LogP contribution >= 0.6 is 11.3 Å². The first-order valence-electron chi connectivity index (χ1n) is 8.47. The molecule has 0 aromatic carbocycles. The minimum atomic E-state index is 0.160. The van der Waals surface area contributed by atoms with Crippen LogP contribution in [0.1, 0.15) is 54.8 Å². The monoisotopic (exact) mass is 334 g/mol. The van der Waals surface area contributed by atoms with Crippen LogP contribution in [0, 0.1) is 5.92 Å². The molecule has 126 valence electrons. The van der Waals surface area contributed by atoms with Crippen molar-refractivity contribution in [2.24, 2.45) is 5.92 Å². The van der Waals surface area contributed by atoms with Crippen molar-refractivity contribution in [3.05, 3.63) is 34.0 Å². The SMILES string of the molecule is CCn1nccc1[C@@H]1OCC[C@H]1CNCc1ncc(C(C)C)s1. The van der Waals surface area contributed by atoms with Gasteiger partial charge in [0.05, 0.1) is 5.69 Å². The Kier molecular flexibility index (Phi) is 5.46. The lowest BCUT2D eigenvalue weighted by atomic mass is 9.99. The van der Waals surface area contributed by atoms with Crippen LogP contribution in [0.25, 0.3) is 0 Å². The van der Waals surface area contributed by atoms with Gasteiger partial charge in [-0.1, -0.05) is 13.8 Å². The molecule has 2 aromatic rings. The fourth-order valence-electron chi connectivity index (χ4n) is 3.06. The molecule has 6 heteroatoms. The van der Waals surface area contributed by atoms with E-state index in [1.165, 1.54) is 15.6 Å². The summed E-state index contributed by atoms with van der Waals surface area (Å²) in [6.45, 7) is 10.1. The number of aromatic nitrogens is 3. The number of rotatable bonds is 7. The van der Waals surface area contributed by atoms with Gasteiger partial charge < -0.3 is 10.1 Å². The molecule has 0 spiro atoms. The molecule has 1 saturated heterocycles. The number of thiazole rings is 1. The van der Waals surface area contributed by atoms with Gasteiger partial charge in [0.15, 0.2) is 0 Å². The third kappa shape index (κ3) is 3.82. The van der Waals surface area contributed by atoms with Crippen LogP contribution in [0.4, 0.5) is 0 Å². The fourth-order valence-corrected chi connectivity index (χ4v) is 3.95. The number of ether oxygens (including phenoxy) is 1. The van der Waals surface area contributed by atoms with Crippen molar-refractivity contribution < 1.29 is 4.74 Å². The summed E-state index contributed by atoms with van der Waals surface area (Å²) in [6, 6.07) is 2.09. The molecule has 0 saturated carbocycles. The molecule has 2 aromatic heterocycles. The first-order chi connectivity index (χ1) is 11.2. The second kappa shape index (κ2) is 7.55. The molecule has 1 N–H and O–H groups in total. The Morgan fingerprint density at radius 1 is 1.48 bits per heavy atom. The second-order valence-electron chi connectivity index (χ2n) is 6.35. The molecule has 1 aliphatic heterocycles. The molecule has 0 amide bonds. The van der Waals surface area contributed by atoms with Gasteiger partial charge >= 0.3 is 0 Å². The zero-order valence-electron chi connectivity index (χ0n) is 14.2. The third-order valence-electron chi connectivity index (χ3n) is 4.38. The molecule has 0 radical (unpaired) electrons. The average Bonchev–Trinajstić information content (AvgIpc) is 3.27. The van der Waals surface area contributed by atoms with E-state index >= 15 is 0 Å². The summed E-state index contributed by atoms with van der Waals surface area (Å²) in [6.07, 6.45) is 5.14. The highest BCUT2D eigenvalue weighted by molar-refractivity contribution is 7.11. The smallest absolute Gasteiger partial charge is 0.107 e. The van der Waals surface area contributed by atoms with Gasteiger partial charge in [0.1, 0.15) is 11.1 Å². The maximum atomic E-state index is 5.98. The summed E-state index contributed by atoms with van der Waals surface area (Å²) < 4.78 is 8.02. The lowest BCUT2D eigenvalue weighted by molar-refractivity contribution is 0.0830. The van der Waals surface area contributed by atoms with E-state index in [2.05, 4.69) is 42.2 Å². The molecule has 5 nitrogen and oxygen atoms in total. The zero-order valence-corrected chi connectivity index (χ0v) is 15.0. The maximum absolute atomic E-state index is 5.98. The van der Waals surface area contributed by atoms with Crippen molar-refractivity contribution in [2.45, 2.75) is 52.3 Å². The van der Waals surface area contributed by atoms with Crippen molar-refractivity contribution in [1.29, 1.82) is 0 Å². The Labute approximate surface area is 142 Å². The van der Waals surface area contributed by atoms with Crippen LogP contribution in [0.3, 0.4) is 0 Å². The van der Waals surface area contributed by atoms with Crippen LogP contribution in [-0.2, 0) is 17.8 Å². The first-order valence-corrected chi connectivity index (χ1v) is 9.29. The molecule has 3 heterocycles. The number of nitrogens with one attached hydrogen (secondary N) is 1. The van der Waals surface area contributed by atoms with Crippen LogP contribution in [-0.4, -0.2) is 27.9 Å². The second-order valence-corrected chi connectivity index (χ2v) is 7.50. The molecule has 0 bridgehead atoms. The van der Waals surface area contributed by atoms with Crippen LogP contribution in [0.2, 0.25) is 0 Å². The summed E-state index contributed by atoms with van der Waals surface area (Å²) in [7, 11) is 0. The molecule has 3 rings (SSSR count). The highest BCUT2D eigenvalue weighted by Crippen LogP contribution is 2.34. The summed E-state index contributed by atoms with van der Waals surface area (Å²) >= 11 is 1.81. The Morgan fingerprint density at radius 2 is 2.35 bits per heavy atom. The topological polar surface area (TPSA) is 52.0 Å². The van der Waals surface area contributed by atoms with Crippen LogP contribution in [0.15, 0.2) is 18.5 Å². The van der Waals surface area contributed by atoms with Crippen molar-refractivity contribution >= 4 is 11.3 Å². The molecular formula is C17H26N4OS. The predicted octanol–water partition coefficient (Wildman–Crippen LogP) is 3.35. The van der Waals surface area contributed by atoms with E-state index in [1.54, 1.807) is 0 Å². The molecule has 1 fully saturated rings. The van der Waals surface area contributed by atoms with E-state index < -0.39 is 0 Å². The van der Waals surface area contributed by atoms with E-state index in [1.807, 2.05) is 28.4 Å². The van der Waals surface area contributed by atoms with E-state index in [4.69, 9.17) is 4.74 Å². The first kappa shape index (κ1) is 16.6. The summed E-state index contributed by atoms with van der Waals surface area (Å²) in [5.74, 6) is 1.06. The summed E-state index contributed by atoms with van der Waals surface area (Å²) in [5.41, 5.74) is 1.20. The predicted molar refractivity (Wildman–Crippen MR) is 92.6 cm³/mol. The molecule has 0 aliphatic carbocycles. The minimum absolute atomic E-state index is 0.160.